The van der Waals surface area contributed by atoms with Crippen LogP contribution in [0.2, 0.25) is 0 Å². The van der Waals surface area contributed by atoms with Gasteiger partial charge in [-0.25, -0.2) is 0 Å². The standard InChI is InChI=1S/C28H42N2/c1-19(27-13-21-7-22(14-27)9-23(8-21)15-27)29-3-5-30(6-4-29)20(2)28-16-24-10-25(17-28)12-26(11-24)18-28/h21-26H,1-18H2. The van der Waals surface area contributed by atoms with Crippen molar-refractivity contribution < 1.29 is 0 Å². The van der Waals surface area contributed by atoms with Crippen molar-refractivity contribution in [3.8, 4) is 0 Å². The fraction of sp³-hybridized carbons (Fsp3) is 0.857. The van der Waals surface area contributed by atoms with E-state index >= 15 is 0 Å². The Morgan fingerprint density at radius 2 is 0.700 bits per heavy atom. The van der Waals surface area contributed by atoms with Crippen LogP contribution in [0.4, 0.5) is 0 Å². The van der Waals surface area contributed by atoms with Crippen molar-refractivity contribution in [1.29, 1.82) is 0 Å². The molecule has 0 N–H and O–H groups in total. The average Bonchev–Trinajstić information content (AvgIpc) is 2.71. The average molecular weight is 407 g/mol. The molecule has 1 heterocycles. The first-order valence-electron chi connectivity index (χ1n) is 13.4. The normalized spacial score (nSPS) is 50.9. The maximum Gasteiger partial charge on any atom is 0.0351 e. The van der Waals surface area contributed by atoms with Crippen LogP contribution in [0.25, 0.3) is 0 Å². The summed E-state index contributed by atoms with van der Waals surface area (Å²) < 4.78 is 0. The van der Waals surface area contributed by atoms with Crippen LogP contribution < -0.4 is 0 Å². The summed E-state index contributed by atoms with van der Waals surface area (Å²) in [4.78, 5) is 5.44. The Labute approximate surface area is 184 Å². The SMILES string of the molecule is C=C(N1CCN(C(=C)C23CC4CC(CC(C4)C2)C3)CC1)C12CC3CC(CC(C3)C1)C2. The number of nitrogens with zero attached hydrogens (tertiary/aromatic N) is 2. The second-order valence-electron chi connectivity index (χ2n) is 13.3. The van der Waals surface area contributed by atoms with Gasteiger partial charge in [0, 0.05) is 48.4 Å². The van der Waals surface area contributed by atoms with Crippen LogP contribution in [0.1, 0.15) is 77.0 Å². The summed E-state index contributed by atoms with van der Waals surface area (Å²) in [6, 6.07) is 0. The van der Waals surface area contributed by atoms with E-state index in [4.69, 9.17) is 13.2 Å². The Kier molecular flexibility index (Phi) is 3.93. The van der Waals surface area contributed by atoms with Crippen LogP contribution in [0.15, 0.2) is 24.6 Å². The zero-order valence-electron chi connectivity index (χ0n) is 19.1. The third-order valence-corrected chi connectivity index (χ3v) is 11.3. The number of hydrogen-bond acceptors (Lipinski definition) is 2. The van der Waals surface area contributed by atoms with E-state index in [2.05, 4.69) is 9.80 Å². The molecule has 164 valence electrons. The molecule has 8 saturated carbocycles. The van der Waals surface area contributed by atoms with Gasteiger partial charge in [-0.1, -0.05) is 13.2 Å². The lowest BCUT2D eigenvalue weighted by Gasteiger charge is -2.60. The topological polar surface area (TPSA) is 6.48 Å². The molecule has 2 heteroatoms. The summed E-state index contributed by atoms with van der Waals surface area (Å²) in [5.41, 5.74) is 4.05. The van der Waals surface area contributed by atoms with Crippen molar-refractivity contribution in [3.05, 3.63) is 24.6 Å². The van der Waals surface area contributed by atoms with E-state index in [0.29, 0.717) is 10.8 Å². The summed E-state index contributed by atoms with van der Waals surface area (Å²) >= 11 is 0. The maximum absolute atomic E-state index is 4.78. The lowest BCUT2D eigenvalue weighted by Crippen LogP contribution is -2.55. The Morgan fingerprint density at radius 1 is 0.467 bits per heavy atom. The van der Waals surface area contributed by atoms with Gasteiger partial charge in [0.2, 0.25) is 0 Å². The Hall–Kier alpha value is -0.920. The molecular formula is C28H42N2. The minimum atomic E-state index is 0.480. The van der Waals surface area contributed by atoms with Crippen molar-refractivity contribution in [1.82, 2.24) is 9.80 Å². The van der Waals surface area contributed by atoms with E-state index in [9.17, 15) is 0 Å². The first-order valence-corrected chi connectivity index (χ1v) is 13.4. The van der Waals surface area contributed by atoms with Gasteiger partial charge in [-0.3, -0.25) is 0 Å². The first-order chi connectivity index (χ1) is 14.5. The molecule has 9 aliphatic rings. The largest absolute Gasteiger partial charge is 0.371 e. The van der Waals surface area contributed by atoms with Crippen LogP contribution in [0.3, 0.4) is 0 Å². The molecule has 8 aliphatic carbocycles. The summed E-state index contributed by atoms with van der Waals surface area (Å²) in [7, 11) is 0. The highest BCUT2D eigenvalue weighted by Crippen LogP contribution is 2.64. The molecule has 0 radical (unpaired) electrons. The number of hydrogen-bond donors (Lipinski definition) is 0. The van der Waals surface area contributed by atoms with Crippen LogP contribution in [-0.2, 0) is 0 Å². The van der Waals surface area contributed by atoms with Crippen LogP contribution in [0, 0.1) is 46.3 Å². The van der Waals surface area contributed by atoms with Crippen molar-refractivity contribution in [3.63, 3.8) is 0 Å². The Balaban J connectivity index is 1.03. The van der Waals surface area contributed by atoms with E-state index in [1.54, 1.807) is 11.4 Å². The van der Waals surface area contributed by atoms with E-state index in [1.807, 2.05) is 0 Å². The van der Waals surface area contributed by atoms with Crippen LogP contribution in [-0.4, -0.2) is 36.0 Å². The van der Waals surface area contributed by atoms with Gasteiger partial charge < -0.3 is 9.80 Å². The van der Waals surface area contributed by atoms with Crippen LogP contribution >= 0.6 is 0 Å². The van der Waals surface area contributed by atoms with Gasteiger partial charge in [0.1, 0.15) is 0 Å². The lowest BCUT2D eigenvalue weighted by molar-refractivity contribution is -0.0548. The summed E-state index contributed by atoms with van der Waals surface area (Å²) in [6.07, 6.45) is 17.9. The van der Waals surface area contributed by atoms with Crippen LogP contribution in [0.5, 0.6) is 0 Å². The molecule has 0 atom stereocenters. The van der Waals surface area contributed by atoms with Gasteiger partial charge in [-0.05, 0) is 113 Å². The third kappa shape index (κ3) is 2.67. The Bertz CT molecular complexity index is 620. The number of allylic oxidation sites excluding steroid dienone is 2. The number of rotatable bonds is 4. The molecule has 0 aromatic rings. The predicted octanol–water partition coefficient (Wildman–Crippen LogP) is 6.06. The molecule has 8 bridgehead atoms. The highest BCUT2D eigenvalue weighted by molar-refractivity contribution is 5.21. The second kappa shape index (κ2) is 6.32. The molecule has 0 spiro atoms. The molecule has 0 aromatic carbocycles. The summed E-state index contributed by atoms with van der Waals surface area (Å²) in [5.74, 6) is 6.11. The molecule has 9 fully saturated rings. The lowest BCUT2D eigenvalue weighted by atomic mass is 9.48. The molecule has 1 aliphatic heterocycles. The maximum atomic E-state index is 4.78. The monoisotopic (exact) mass is 406 g/mol. The highest BCUT2D eigenvalue weighted by Gasteiger charge is 2.55. The fourth-order valence-corrected chi connectivity index (χ4v) is 10.8. The molecular weight excluding hydrogens is 364 g/mol. The zero-order chi connectivity index (χ0) is 20.1. The van der Waals surface area contributed by atoms with Crippen molar-refractivity contribution in [2.45, 2.75) is 77.0 Å². The molecule has 2 nitrogen and oxygen atoms in total. The molecule has 1 saturated heterocycles. The van der Waals surface area contributed by atoms with Crippen molar-refractivity contribution >= 4 is 0 Å². The smallest absolute Gasteiger partial charge is 0.0351 e. The van der Waals surface area contributed by atoms with Crippen molar-refractivity contribution in [2.24, 2.45) is 46.3 Å². The summed E-state index contributed by atoms with van der Waals surface area (Å²) in [5, 5.41) is 0. The van der Waals surface area contributed by atoms with Gasteiger partial charge >= 0.3 is 0 Å². The fourth-order valence-electron chi connectivity index (χ4n) is 10.8. The van der Waals surface area contributed by atoms with Gasteiger partial charge in [-0.2, -0.15) is 0 Å². The second-order valence-corrected chi connectivity index (χ2v) is 13.3. The highest BCUT2D eigenvalue weighted by atomic mass is 15.3. The molecule has 9 rings (SSSR count). The van der Waals surface area contributed by atoms with Gasteiger partial charge in [0.25, 0.3) is 0 Å². The quantitative estimate of drug-likeness (QED) is 0.559. The predicted molar refractivity (Wildman–Crippen MR) is 123 cm³/mol. The van der Waals surface area contributed by atoms with Gasteiger partial charge in [-0.15, -0.1) is 0 Å². The van der Waals surface area contributed by atoms with Gasteiger partial charge in [0.15, 0.2) is 0 Å². The molecule has 0 amide bonds. The third-order valence-electron chi connectivity index (χ3n) is 11.3. The molecule has 0 unspecified atom stereocenters. The van der Waals surface area contributed by atoms with Gasteiger partial charge in [0.05, 0.1) is 0 Å². The molecule has 30 heavy (non-hydrogen) atoms. The Morgan fingerprint density at radius 3 is 0.933 bits per heavy atom. The minimum absolute atomic E-state index is 0.480. The van der Waals surface area contributed by atoms with E-state index in [1.165, 1.54) is 103 Å². The van der Waals surface area contributed by atoms with E-state index in [-0.39, 0.29) is 0 Å². The van der Waals surface area contributed by atoms with E-state index in [0.717, 1.165) is 35.5 Å². The zero-order valence-corrected chi connectivity index (χ0v) is 19.1. The minimum Gasteiger partial charge on any atom is -0.371 e. The summed E-state index contributed by atoms with van der Waals surface area (Å²) in [6.45, 7) is 14.3. The molecule has 0 aromatic heterocycles. The van der Waals surface area contributed by atoms with E-state index < -0.39 is 0 Å². The number of piperazine rings is 1. The first kappa shape index (κ1) is 18.6. The van der Waals surface area contributed by atoms with Crippen molar-refractivity contribution in [2.75, 3.05) is 26.2 Å².